The second-order valence-electron chi connectivity index (χ2n) is 9.85. The van der Waals surface area contributed by atoms with Crippen molar-refractivity contribution in [3.8, 4) is 0 Å². The number of anilines is 1. The molecule has 1 amide bonds. The highest BCUT2D eigenvalue weighted by molar-refractivity contribution is 6.07. The van der Waals surface area contributed by atoms with Gasteiger partial charge in [-0.3, -0.25) is 15.1 Å². The molecule has 0 aliphatic rings. The fraction of sp³-hybridized carbons (Fsp3) is 0.188. The van der Waals surface area contributed by atoms with Crippen molar-refractivity contribution in [1.82, 2.24) is 14.5 Å². The summed E-state index contributed by atoms with van der Waals surface area (Å²) in [6.45, 7) is 3.45. The largest absolute Gasteiger partial charge is 0.384 e. The van der Waals surface area contributed by atoms with E-state index >= 15 is 0 Å². The van der Waals surface area contributed by atoms with Crippen LogP contribution in [0.1, 0.15) is 38.4 Å². The lowest BCUT2D eigenvalue weighted by molar-refractivity contribution is 0.0987. The number of amidine groups is 1. The number of aryl methyl sites for hydroxylation is 3. The van der Waals surface area contributed by atoms with Gasteiger partial charge in [-0.05, 0) is 54.8 Å². The van der Waals surface area contributed by atoms with E-state index < -0.39 is 0 Å². The molecule has 8 heteroatoms. The molecule has 0 radical (unpaired) electrons. The molecule has 0 spiro atoms. The van der Waals surface area contributed by atoms with Crippen LogP contribution in [0.2, 0.25) is 0 Å². The van der Waals surface area contributed by atoms with E-state index in [4.69, 9.17) is 21.9 Å². The summed E-state index contributed by atoms with van der Waals surface area (Å²) in [5.74, 6) is 1.41. The third-order valence-electron chi connectivity index (χ3n) is 6.96. The summed E-state index contributed by atoms with van der Waals surface area (Å²) < 4.78 is 2.23. The quantitative estimate of drug-likeness (QED) is 0.181. The van der Waals surface area contributed by atoms with Crippen LogP contribution in [0.4, 0.5) is 5.82 Å². The van der Waals surface area contributed by atoms with E-state index in [0.29, 0.717) is 36.6 Å². The second kappa shape index (κ2) is 11.9. The number of hydrogen-bond acceptors (Lipinski definition) is 5. The zero-order chi connectivity index (χ0) is 28.1. The van der Waals surface area contributed by atoms with Crippen molar-refractivity contribution >= 4 is 28.6 Å². The maximum absolute atomic E-state index is 13.6. The summed E-state index contributed by atoms with van der Waals surface area (Å²) in [5, 5.41) is 7.63. The zero-order valence-corrected chi connectivity index (χ0v) is 22.5. The number of benzene rings is 3. The summed E-state index contributed by atoms with van der Waals surface area (Å²) in [7, 11) is 0. The van der Waals surface area contributed by atoms with Crippen LogP contribution in [0.5, 0.6) is 0 Å². The molecular weight excluding hydrogens is 498 g/mol. The van der Waals surface area contributed by atoms with Gasteiger partial charge in [0.1, 0.15) is 17.5 Å². The van der Waals surface area contributed by atoms with E-state index in [0.717, 1.165) is 35.3 Å². The number of amides is 1. The first-order chi connectivity index (χ1) is 19.4. The highest BCUT2D eigenvalue weighted by atomic mass is 16.2. The molecule has 5 N–H and O–H groups in total. The number of fused-ring (bicyclic) bond motifs is 1. The first-order valence-corrected chi connectivity index (χ1v) is 13.3. The summed E-state index contributed by atoms with van der Waals surface area (Å²) >= 11 is 0. The number of carbonyl (C=O) groups is 1. The Kier molecular flexibility index (Phi) is 7.98. The Bertz CT molecular complexity index is 1620. The number of nitrogen functional groups attached to an aromatic ring is 1. The Morgan fingerprint density at radius 1 is 0.925 bits per heavy atom. The first-order valence-electron chi connectivity index (χ1n) is 13.3. The minimum absolute atomic E-state index is 0.0601. The van der Waals surface area contributed by atoms with E-state index in [2.05, 4.69) is 40.7 Å². The van der Waals surface area contributed by atoms with Crippen molar-refractivity contribution < 1.29 is 4.79 Å². The molecule has 0 aliphatic heterocycles. The van der Waals surface area contributed by atoms with E-state index in [1.807, 2.05) is 60.7 Å². The van der Waals surface area contributed by atoms with Crippen LogP contribution in [0.25, 0.3) is 11.0 Å². The third-order valence-corrected chi connectivity index (χ3v) is 6.96. The molecule has 0 saturated carbocycles. The second-order valence-corrected chi connectivity index (χ2v) is 9.85. The number of nitrogens with one attached hydrogen (secondary N) is 1. The van der Waals surface area contributed by atoms with Gasteiger partial charge in [0.05, 0.1) is 11.0 Å². The lowest BCUT2D eigenvalue weighted by Gasteiger charge is -2.21. The summed E-state index contributed by atoms with van der Waals surface area (Å²) in [5.41, 5.74) is 18.0. The van der Waals surface area contributed by atoms with E-state index in [-0.39, 0.29) is 11.7 Å². The molecule has 202 valence electrons. The molecule has 0 unspecified atom stereocenters. The van der Waals surface area contributed by atoms with E-state index in [1.54, 1.807) is 11.1 Å². The molecular formula is C32H33N7O. The van der Waals surface area contributed by atoms with Crippen molar-refractivity contribution in [2.24, 2.45) is 11.5 Å². The summed E-state index contributed by atoms with van der Waals surface area (Å²) in [4.78, 5) is 24.5. The number of pyridine rings is 1. The number of aromatic nitrogens is 3. The molecule has 8 nitrogen and oxygen atoms in total. The fourth-order valence-electron chi connectivity index (χ4n) is 4.78. The number of hydrogen-bond donors (Lipinski definition) is 3. The molecule has 2 heterocycles. The van der Waals surface area contributed by atoms with Gasteiger partial charge in [-0.25, -0.2) is 9.97 Å². The van der Waals surface area contributed by atoms with Gasteiger partial charge in [0, 0.05) is 43.4 Å². The topological polar surface area (TPSA) is 127 Å². The van der Waals surface area contributed by atoms with Crippen LogP contribution >= 0.6 is 0 Å². The minimum atomic E-state index is -0.161. The van der Waals surface area contributed by atoms with Gasteiger partial charge in [0.2, 0.25) is 0 Å². The Hall–Kier alpha value is -4.82. The molecule has 40 heavy (non-hydrogen) atoms. The number of nitrogens with zero attached hydrogens (tertiary/aromatic N) is 4. The van der Waals surface area contributed by atoms with Crippen molar-refractivity contribution in [1.29, 1.82) is 5.41 Å². The van der Waals surface area contributed by atoms with Gasteiger partial charge >= 0.3 is 0 Å². The monoisotopic (exact) mass is 531 g/mol. The van der Waals surface area contributed by atoms with Crippen molar-refractivity contribution in [2.45, 2.75) is 26.3 Å². The van der Waals surface area contributed by atoms with Gasteiger partial charge < -0.3 is 16.0 Å². The minimum Gasteiger partial charge on any atom is -0.384 e. The van der Waals surface area contributed by atoms with Gasteiger partial charge in [-0.15, -0.1) is 0 Å². The standard InChI is InChI=1S/C32H33N7O/c1-22-5-7-24(8-6-22)21-39-28-15-14-26(32(40)38(19-17-33)29-4-2-3-18-36-29)20-27(28)37-30(39)16-11-23-9-12-25(13-10-23)31(34)35/h2-10,12-15,18,20H,11,16-17,19,21,33H2,1H3,(H3,34,35). The average Bonchev–Trinajstić information content (AvgIpc) is 3.32. The molecule has 0 atom stereocenters. The van der Waals surface area contributed by atoms with Gasteiger partial charge in [0.25, 0.3) is 5.91 Å². The van der Waals surface area contributed by atoms with Crippen LogP contribution in [-0.2, 0) is 19.4 Å². The highest BCUT2D eigenvalue weighted by Crippen LogP contribution is 2.23. The lowest BCUT2D eigenvalue weighted by Crippen LogP contribution is -2.36. The normalized spacial score (nSPS) is 11.1. The molecule has 3 aromatic carbocycles. The Morgan fingerprint density at radius 2 is 1.65 bits per heavy atom. The van der Waals surface area contributed by atoms with Crippen LogP contribution in [-0.4, -0.2) is 39.4 Å². The van der Waals surface area contributed by atoms with Crippen molar-refractivity contribution in [3.63, 3.8) is 0 Å². The zero-order valence-electron chi connectivity index (χ0n) is 22.5. The lowest BCUT2D eigenvalue weighted by atomic mass is 10.1. The first kappa shape index (κ1) is 26.8. The van der Waals surface area contributed by atoms with Gasteiger partial charge in [-0.2, -0.15) is 0 Å². The Morgan fingerprint density at radius 3 is 2.33 bits per heavy atom. The molecule has 5 rings (SSSR count). The number of imidazole rings is 1. The van der Waals surface area contributed by atoms with E-state index in [9.17, 15) is 4.79 Å². The van der Waals surface area contributed by atoms with Crippen LogP contribution in [0.15, 0.2) is 91.1 Å². The predicted molar refractivity (Wildman–Crippen MR) is 160 cm³/mol. The Labute approximate surface area is 233 Å². The highest BCUT2D eigenvalue weighted by Gasteiger charge is 2.20. The molecule has 0 aliphatic carbocycles. The number of nitrogens with two attached hydrogens (primary N) is 2. The summed E-state index contributed by atoms with van der Waals surface area (Å²) in [6.07, 6.45) is 3.17. The Balaban J connectivity index is 1.48. The number of rotatable bonds is 10. The molecule has 0 saturated heterocycles. The number of carbonyl (C=O) groups excluding carboxylic acids is 1. The van der Waals surface area contributed by atoms with Crippen LogP contribution in [0.3, 0.4) is 0 Å². The predicted octanol–water partition coefficient (Wildman–Crippen LogP) is 4.46. The van der Waals surface area contributed by atoms with Crippen molar-refractivity contribution in [2.75, 3.05) is 18.0 Å². The summed E-state index contributed by atoms with van der Waals surface area (Å²) in [6, 6.07) is 27.5. The van der Waals surface area contributed by atoms with Crippen LogP contribution in [0, 0.1) is 12.3 Å². The molecule has 0 fully saturated rings. The van der Waals surface area contributed by atoms with E-state index in [1.165, 1.54) is 11.1 Å². The maximum atomic E-state index is 13.6. The maximum Gasteiger partial charge on any atom is 0.259 e. The van der Waals surface area contributed by atoms with Gasteiger partial charge in [-0.1, -0.05) is 60.2 Å². The van der Waals surface area contributed by atoms with Crippen LogP contribution < -0.4 is 16.4 Å². The molecule has 0 bridgehead atoms. The third kappa shape index (κ3) is 5.92. The molecule has 2 aromatic heterocycles. The smallest absolute Gasteiger partial charge is 0.259 e. The molecule has 5 aromatic rings. The SMILES string of the molecule is Cc1ccc(Cn2c(CCc3ccc(C(=N)N)cc3)nc3cc(C(=O)N(CCN)c4ccccn4)ccc32)cc1. The van der Waals surface area contributed by atoms with Gasteiger partial charge in [0.15, 0.2) is 0 Å². The van der Waals surface area contributed by atoms with Crippen molar-refractivity contribution in [3.05, 3.63) is 125 Å². The average molecular weight is 532 g/mol. The fourth-order valence-corrected chi connectivity index (χ4v) is 4.78.